The third kappa shape index (κ3) is 5.83. The molecule has 0 radical (unpaired) electrons. The van der Waals surface area contributed by atoms with Gasteiger partial charge in [-0.15, -0.1) is 0 Å². The molecule has 4 heteroatoms. The molecule has 268 valence electrons. The Bertz CT molecular complexity index is 3220. The van der Waals surface area contributed by atoms with Crippen LogP contribution in [-0.2, 0) is 0 Å². The van der Waals surface area contributed by atoms with Crippen molar-refractivity contribution >= 4 is 60.9 Å². The van der Waals surface area contributed by atoms with Gasteiger partial charge in [0.05, 0.1) is 5.39 Å². The molecule has 11 aromatic rings. The summed E-state index contributed by atoms with van der Waals surface area (Å²) in [7, 11) is 0. The van der Waals surface area contributed by atoms with Gasteiger partial charge in [0, 0.05) is 33.6 Å². The predicted octanol–water partition coefficient (Wildman–Crippen LogP) is 15.0. The summed E-state index contributed by atoms with van der Waals surface area (Å²) in [5, 5.41) is 4.44. The minimum Gasteiger partial charge on any atom is -0.455 e. The number of rotatable bonds is 7. The first-order chi connectivity index (χ1) is 28.2. The lowest BCUT2D eigenvalue weighted by molar-refractivity contribution is 0.619. The van der Waals surface area contributed by atoms with Crippen molar-refractivity contribution < 1.29 is 8.83 Å². The van der Waals surface area contributed by atoms with Gasteiger partial charge in [-0.2, -0.15) is 0 Å². The number of para-hydroxylation sites is 1. The molecule has 0 atom stereocenters. The Labute approximate surface area is 329 Å². The Balaban J connectivity index is 1.00. The third-order valence-corrected chi connectivity index (χ3v) is 10.9. The fourth-order valence-corrected chi connectivity index (χ4v) is 8.07. The van der Waals surface area contributed by atoms with Crippen molar-refractivity contribution in [2.45, 2.75) is 0 Å². The van der Waals surface area contributed by atoms with Gasteiger partial charge in [0.2, 0.25) is 5.89 Å². The lowest BCUT2D eigenvalue weighted by Gasteiger charge is -2.26. The molecule has 0 aliphatic rings. The standard InChI is InChI=1S/C53H34N2O2/c1-3-11-35(12-4-1)37-23-27-43(28-24-37)55(45-18-9-17-41(34-45)42-22-21-36-13-7-8-16-40(36)33-42)44-29-25-38(26-30-44)46-19-10-20-47-50-48(56-52(46)47)31-32-49-51(50)54-53(57-49)39-14-5-2-6-15-39/h1-34H. The number of aromatic nitrogens is 1. The Morgan fingerprint density at radius 2 is 0.965 bits per heavy atom. The Kier molecular flexibility index (Phi) is 7.78. The quantitative estimate of drug-likeness (QED) is 0.164. The average molecular weight is 731 g/mol. The van der Waals surface area contributed by atoms with Gasteiger partial charge < -0.3 is 13.7 Å². The molecule has 0 saturated heterocycles. The summed E-state index contributed by atoms with van der Waals surface area (Å²) >= 11 is 0. The van der Waals surface area contributed by atoms with E-state index in [1.54, 1.807) is 0 Å². The molecule has 2 heterocycles. The average Bonchev–Trinajstić information content (AvgIpc) is 3.90. The van der Waals surface area contributed by atoms with Gasteiger partial charge in [0.1, 0.15) is 16.7 Å². The summed E-state index contributed by atoms with van der Waals surface area (Å²) in [6.07, 6.45) is 0. The van der Waals surface area contributed by atoms with E-state index >= 15 is 0 Å². The molecule has 0 amide bonds. The Morgan fingerprint density at radius 1 is 0.368 bits per heavy atom. The highest BCUT2D eigenvalue weighted by Gasteiger charge is 2.20. The van der Waals surface area contributed by atoms with E-state index in [9.17, 15) is 0 Å². The molecule has 0 unspecified atom stereocenters. The molecule has 11 rings (SSSR count). The van der Waals surface area contributed by atoms with Crippen molar-refractivity contribution in [1.82, 2.24) is 4.98 Å². The van der Waals surface area contributed by atoms with Crippen LogP contribution >= 0.6 is 0 Å². The zero-order valence-corrected chi connectivity index (χ0v) is 30.8. The van der Waals surface area contributed by atoms with Crippen molar-refractivity contribution in [1.29, 1.82) is 0 Å². The van der Waals surface area contributed by atoms with Crippen LogP contribution in [0.5, 0.6) is 0 Å². The first-order valence-electron chi connectivity index (χ1n) is 19.2. The van der Waals surface area contributed by atoms with Gasteiger partial charge in [-0.1, -0.05) is 140 Å². The lowest BCUT2D eigenvalue weighted by Crippen LogP contribution is -2.10. The van der Waals surface area contributed by atoms with Crippen LogP contribution in [0.4, 0.5) is 17.1 Å². The second kappa shape index (κ2) is 13.6. The first kappa shape index (κ1) is 32.7. The van der Waals surface area contributed by atoms with Crippen LogP contribution in [-0.4, -0.2) is 4.98 Å². The number of nitrogens with zero attached hydrogens (tertiary/aromatic N) is 2. The Hall–Kier alpha value is -7.69. The number of oxazole rings is 1. The molecule has 57 heavy (non-hydrogen) atoms. The molecule has 9 aromatic carbocycles. The summed E-state index contributed by atoms with van der Waals surface area (Å²) in [6, 6.07) is 72.4. The van der Waals surface area contributed by atoms with Gasteiger partial charge in [-0.25, -0.2) is 4.98 Å². The van der Waals surface area contributed by atoms with E-state index in [2.05, 4.69) is 169 Å². The highest BCUT2D eigenvalue weighted by molar-refractivity contribution is 6.19. The van der Waals surface area contributed by atoms with Crippen LogP contribution in [0.1, 0.15) is 0 Å². The maximum Gasteiger partial charge on any atom is 0.227 e. The highest BCUT2D eigenvalue weighted by atomic mass is 16.4. The number of anilines is 3. The van der Waals surface area contributed by atoms with Crippen molar-refractivity contribution in [3.05, 3.63) is 206 Å². The summed E-state index contributed by atoms with van der Waals surface area (Å²) < 4.78 is 12.8. The summed E-state index contributed by atoms with van der Waals surface area (Å²) in [5.74, 6) is 0.598. The fourth-order valence-electron chi connectivity index (χ4n) is 8.07. The number of hydrogen-bond donors (Lipinski definition) is 0. The van der Waals surface area contributed by atoms with Crippen LogP contribution in [0.15, 0.2) is 215 Å². The van der Waals surface area contributed by atoms with E-state index in [0.717, 1.165) is 72.4 Å². The summed E-state index contributed by atoms with van der Waals surface area (Å²) in [5.41, 5.74) is 14.1. The SMILES string of the molecule is c1ccc(-c2ccc(N(c3ccc(-c4cccc5c4oc4ccc6oc(-c7ccccc7)nc6c45)cc3)c3cccc(-c4ccc5ccccc5c4)c3)cc2)cc1. The molecule has 4 nitrogen and oxygen atoms in total. The molecular formula is C53H34N2O2. The van der Waals surface area contributed by atoms with Crippen molar-refractivity contribution in [2.24, 2.45) is 0 Å². The van der Waals surface area contributed by atoms with Gasteiger partial charge in [-0.05, 0) is 105 Å². The predicted molar refractivity (Wildman–Crippen MR) is 235 cm³/mol. The van der Waals surface area contributed by atoms with E-state index < -0.39 is 0 Å². The van der Waals surface area contributed by atoms with Crippen molar-refractivity contribution in [3.63, 3.8) is 0 Å². The topological polar surface area (TPSA) is 42.4 Å². The molecule has 0 N–H and O–H groups in total. The fraction of sp³-hybridized carbons (Fsp3) is 0. The van der Waals surface area contributed by atoms with Crippen LogP contribution in [0, 0.1) is 0 Å². The zero-order valence-electron chi connectivity index (χ0n) is 30.8. The van der Waals surface area contributed by atoms with Crippen LogP contribution in [0.2, 0.25) is 0 Å². The number of fused-ring (bicyclic) bond motifs is 6. The van der Waals surface area contributed by atoms with Crippen molar-refractivity contribution in [3.8, 4) is 44.8 Å². The number of hydrogen-bond acceptors (Lipinski definition) is 4. The monoisotopic (exact) mass is 730 g/mol. The summed E-state index contributed by atoms with van der Waals surface area (Å²) in [4.78, 5) is 7.28. The third-order valence-electron chi connectivity index (χ3n) is 10.9. The van der Waals surface area contributed by atoms with E-state index in [1.165, 1.54) is 27.5 Å². The molecule has 0 spiro atoms. The van der Waals surface area contributed by atoms with Gasteiger partial charge in [0.15, 0.2) is 5.58 Å². The summed E-state index contributed by atoms with van der Waals surface area (Å²) in [6.45, 7) is 0. The smallest absolute Gasteiger partial charge is 0.227 e. The molecule has 0 aliphatic heterocycles. The number of benzene rings is 9. The minimum absolute atomic E-state index is 0.598. The van der Waals surface area contributed by atoms with Gasteiger partial charge in [-0.3, -0.25) is 0 Å². The molecule has 0 aliphatic carbocycles. The van der Waals surface area contributed by atoms with Crippen LogP contribution in [0.25, 0.3) is 88.6 Å². The molecule has 0 saturated carbocycles. The van der Waals surface area contributed by atoms with Crippen LogP contribution in [0.3, 0.4) is 0 Å². The minimum atomic E-state index is 0.598. The zero-order chi connectivity index (χ0) is 37.7. The van der Waals surface area contributed by atoms with E-state index in [0.29, 0.717) is 5.89 Å². The molecule has 0 fully saturated rings. The Morgan fingerprint density at radius 3 is 1.74 bits per heavy atom. The van der Waals surface area contributed by atoms with Gasteiger partial charge >= 0.3 is 0 Å². The number of furan rings is 1. The lowest BCUT2D eigenvalue weighted by atomic mass is 9.99. The highest BCUT2D eigenvalue weighted by Crippen LogP contribution is 2.42. The maximum absolute atomic E-state index is 6.61. The first-order valence-corrected chi connectivity index (χ1v) is 19.2. The maximum atomic E-state index is 6.61. The van der Waals surface area contributed by atoms with E-state index in [4.69, 9.17) is 13.8 Å². The van der Waals surface area contributed by atoms with E-state index in [-0.39, 0.29) is 0 Å². The van der Waals surface area contributed by atoms with Gasteiger partial charge in [0.25, 0.3) is 0 Å². The molecule has 2 aromatic heterocycles. The second-order valence-corrected chi connectivity index (χ2v) is 14.4. The molecule has 0 bridgehead atoms. The van der Waals surface area contributed by atoms with Crippen molar-refractivity contribution in [2.75, 3.05) is 4.90 Å². The molecular weight excluding hydrogens is 697 g/mol. The van der Waals surface area contributed by atoms with E-state index in [1.807, 2.05) is 42.5 Å². The normalized spacial score (nSPS) is 11.5. The largest absolute Gasteiger partial charge is 0.455 e. The van der Waals surface area contributed by atoms with Crippen LogP contribution < -0.4 is 4.90 Å². The second-order valence-electron chi connectivity index (χ2n) is 14.4.